The average molecular weight is 321 g/mol. The first-order valence-corrected chi connectivity index (χ1v) is 8.83. The summed E-state index contributed by atoms with van der Waals surface area (Å²) < 4.78 is 50.8. The molecule has 1 aromatic carbocycles. The van der Waals surface area contributed by atoms with Crippen LogP contribution in [0.4, 0.5) is 8.78 Å². The summed E-state index contributed by atoms with van der Waals surface area (Å²) in [7, 11) is -2.97. The van der Waals surface area contributed by atoms with Gasteiger partial charge in [-0.3, -0.25) is 0 Å². The van der Waals surface area contributed by atoms with Crippen LogP contribution in [0.25, 0.3) is 0 Å². The summed E-state index contributed by atoms with van der Waals surface area (Å²) in [5, 5.41) is 3.26. The van der Waals surface area contributed by atoms with Gasteiger partial charge in [-0.15, -0.1) is 0 Å². The van der Waals surface area contributed by atoms with Crippen LogP contribution in [0.15, 0.2) is 24.3 Å². The molecular formula is C14H21F2NO3S. The van der Waals surface area contributed by atoms with Gasteiger partial charge < -0.3 is 10.1 Å². The van der Waals surface area contributed by atoms with Crippen molar-refractivity contribution in [3.63, 3.8) is 0 Å². The van der Waals surface area contributed by atoms with Crippen molar-refractivity contribution in [2.45, 2.75) is 32.4 Å². The molecule has 0 heterocycles. The van der Waals surface area contributed by atoms with Gasteiger partial charge in [-0.1, -0.05) is 19.1 Å². The third-order valence-corrected chi connectivity index (χ3v) is 4.00. The van der Waals surface area contributed by atoms with Crippen molar-refractivity contribution in [1.82, 2.24) is 5.32 Å². The van der Waals surface area contributed by atoms with Crippen LogP contribution < -0.4 is 10.1 Å². The van der Waals surface area contributed by atoms with Crippen molar-refractivity contribution in [2.75, 3.05) is 18.6 Å². The second kappa shape index (κ2) is 8.29. The lowest BCUT2D eigenvalue weighted by Gasteiger charge is -2.18. The fraction of sp³-hybridized carbons (Fsp3) is 0.571. The molecule has 0 aromatic heterocycles. The van der Waals surface area contributed by atoms with E-state index in [1.807, 2.05) is 6.92 Å². The predicted octanol–water partition coefficient (Wildman–Crippen LogP) is 2.76. The van der Waals surface area contributed by atoms with E-state index in [1.165, 1.54) is 18.4 Å². The van der Waals surface area contributed by atoms with Crippen LogP contribution in [0.5, 0.6) is 5.75 Å². The van der Waals surface area contributed by atoms with Crippen molar-refractivity contribution >= 4 is 9.84 Å². The smallest absolute Gasteiger partial charge is 0.387 e. The number of halogens is 2. The molecule has 1 N–H and O–H groups in total. The summed E-state index contributed by atoms with van der Waals surface area (Å²) in [5.41, 5.74) is 0.923. The van der Waals surface area contributed by atoms with E-state index >= 15 is 0 Å². The standard InChI is InChI=1S/C14H21F2NO3S/c1-3-17-13(5-4-10-21(2,18)19)11-6-8-12(9-7-11)20-14(15)16/h6-9,13-14,17H,3-5,10H2,1-2H3. The van der Waals surface area contributed by atoms with Gasteiger partial charge in [0.25, 0.3) is 0 Å². The van der Waals surface area contributed by atoms with Gasteiger partial charge in [0.05, 0.1) is 0 Å². The number of benzene rings is 1. The molecule has 0 bridgehead atoms. The molecule has 0 saturated heterocycles. The first kappa shape index (κ1) is 17.8. The zero-order valence-electron chi connectivity index (χ0n) is 12.2. The quantitative estimate of drug-likeness (QED) is 0.760. The van der Waals surface area contributed by atoms with E-state index in [0.717, 1.165) is 12.1 Å². The second-order valence-corrected chi connectivity index (χ2v) is 7.09. The Kier molecular flexibility index (Phi) is 7.04. The molecule has 1 aromatic rings. The molecule has 0 radical (unpaired) electrons. The Morgan fingerprint density at radius 3 is 2.33 bits per heavy atom. The molecule has 0 aliphatic carbocycles. The van der Waals surface area contributed by atoms with Gasteiger partial charge in [0.15, 0.2) is 0 Å². The lowest BCUT2D eigenvalue weighted by Crippen LogP contribution is -2.21. The predicted molar refractivity (Wildman–Crippen MR) is 78.4 cm³/mol. The number of nitrogens with one attached hydrogen (secondary N) is 1. The Balaban J connectivity index is 2.66. The van der Waals surface area contributed by atoms with Gasteiger partial charge in [-0.25, -0.2) is 8.42 Å². The van der Waals surface area contributed by atoms with Crippen molar-refractivity contribution in [1.29, 1.82) is 0 Å². The number of hydrogen-bond donors (Lipinski definition) is 1. The number of rotatable bonds is 9. The van der Waals surface area contributed by atoms with E-state index < -0.39 is 16.4 Å². The summed E-state index contributed by atoms with van der Waals surface area (Å²) in [6.45, 7) is -0.147. The van der Waals surface area contributed by atoms with Crippen LogP contribution in [-0.2, 0) is 9.84 Å². The van der Waals surface area contributed by atoms with Crippen molar-refractivity contribution in [2.24, 2.45) is 0 Å². The van der Waals surface area contributed by atoms with Gasteiger partial charge in [-0.2, -0.15) is 8.78 Å². The average Bonchev–Trinajstić information content (AvgIpc) is 2.36. The van der Waals surface area contributed by atoms with Crippen LogP contribution >= 0.6 is 0 Å². The van der Waals surface area contributed by atoms with Crippen molar-refractivity contribution in [3.05, 3.63) is 29.8 Å². The molecular weight excluding hydrogens is 300 g/mol. The van der Waals surface area contributed by atoms with Crippen LogP contribution in [0, 0.1) is 0 Å². The molecule has 0 aliphatic rings. The number of sulfone groups is 1. The highest BCUT2D eigenvalue weighted by Crippen LogP contribution is 2.22. The van der Waals surface area contributed by atoms with Crippen molar-refractivity contribution in [3.8, 4) is 5.75 Å². The van der Waals surface area contributed by atoms with Crippen LogP contribution in [0.3, 0.4) is 0 Å². The van der Waals surface area contributed by atoms with E-state index in [4.69, 9.17) is 0 Å². The molecule has 7 heteroatoms. The number of ether oxygens (including phenoxy) is 1. The molecule has 1 atom stereocenters. The van der Waals surface area contributed by atoms with E-state index in [-0.39, 0.29) is 17.5 Å². The summed E-state index contributed by atoms with van der Waals surface area (Å²) in [6.07, 6.45) is 2.42. The van der Waals surface area contributed by atoms with Gasteiger partial charge in [0, 0.05) is 18.1 Å². The van der Waals surface area contributed by atoms with Gasteiger partial charge in [0.1, 0.15) is 15.6 Å². The molecule has 0 amide bonds. The maximum Gasteiger partial charge on any atom is 0.387 e. The Labute approximate surface area is 124 Å². The Bertz CT molecular complexity index is 518. The zero-order chi connectivity index (χ0) is 15.9. The topological polar surface area (TPSA) is 55.4 Å². The maximum absolute atomic E-state index is 12.1. The molecule has 21 heavy (non-hydrogen) atoms. The second-order valence-electron chi connectivity index (χ2n) is 4.83. The van der Waals surface area contributed by atoms with Gasteiger partial charge in [-0.05, 0) is 37.1 Å². The highest BCUT2D eigenvalue weighted by Gasteiger charge is 2.12. The van der Waals surface area contributed by atoms with Gasteiger partial charge in [0.2, 0.25) is 0 Å². The fourth-order valence-electron chi connectivity index (χ4n) is 2.06. The molecule has 4 nitrogen and oxygen atoms in total. The number of hydrogen-bond acceptors (Lipinski definition) is 4. The SMILES string of the molecule is CCNC(CCCS(C)(=O)=O)c1ccc(OC(F)F)cc1. The van der Waals surface area contributed by atoms with Crippen LogP contribution in [0.2, 0.25) is 0 Å². The third-order valence-electron chi connectivity index (χ3n) is 2.97. The Morgan fingerprint density at radius 1 is 1.24 bits per heavy atom. The van der Waals surface area contributed by atoms with E-state index in [0.29, 0.717) is 12.8 Å². The molecule has 120 valence electrons. The largest absolute Gasteiger partial charge is 0.435 e. The molecule has 1 rings (SSSR count). The molecule has 1 unspecified atom stereocenters. The minimum absolute atomic E-state index is 0.00245. The first-order valence-electron chi connectivity index (χ1n) is 6.77. The normalized spacial score (nSPS) is 13.4. The van der Waals surface area contributed by atoms with Crippen LogP contribution in [-0.4, -0.2) is 33.6 Å². The van der Waals surface area contributed by atoms with E-state index in [9.17, 15) is 17.2 Å². The lowest BCUT2D eigenvalue weighted by atomic mass is 10.0. The van der Waals surface area contributed by atoms with E-state index in [2.05, 4.69) is 10.1 Å². The minimum atomic E-state index is -2.97. The monoisotopic (exact) mass is 321 g/mol. The molecule has 0 spiro atoms. The highest BCUT2D eigenvalue weighted by molar-refractivity contribution is 7.90. The Hall–Kier alpha value is -1.21. The highest BCUT2D eigenvalue weighted by atomic mass is 32.2. The molecule has 0 aliphatic heterocycles. The zero-order valence-corrected chi connectivity index (χ0v) is 13.0. The van der Waals surface area contributed by atoms with Gasteiger partial charge >= 0.3 is 6.61 Å². The Morgan fingerprint density at radius 2 is 1.86 bits per heavy atom. The summed E-state index contributed by atoms with van der Waals surface area (Å²) in [5.74, 6) is 0.252. The van der Waals surface area contributed by atoms with E-state index in [1.54, 1.807) is 12.1 Å². The molecule has 0 saturated carbocycles. The molecule has 0 fully saturated rings. The summed E-state index contributed by atoms with van der Waals surface area (Å²) in [6, 6.07) is 6.40. The lowest BCUT2D eigenvalue weighted by molar-refractivity contribution is -0.0498. The fourth-order valence-corrected chi connectivity index (χ4v) is 2.76. The third kappa shape index (κ3) is 7.38. The summed E-state index contributed by atoms with van der Waals surface area (Å²) >= 11 is 0. The maximum atomic E-state index is 12.1. The summed E-state index contributed by atoms with van der Waals surface area (Å²) in [4.78, 5) is 0. The number of alkyl halides is 2. The van der Waals surface area contributed by atoms with Crippen LogP contribution in [0.1, 0.15) is 31.4 Å². The minimum Gasteiger partial charge on any atom is -0.435 e. The van der Waals surface area contributed by atoms with Crippen molar-refractivity contribution < 1.29 is 21.9 Å². The first-order chi connectivity index (χ1) is 9.81.